The molecule has 0 heterocycles. The zero-order valence-corrected chi connectivity index (χ0v) is 11.5. The first-order valence-corrected chi connectivity index (χ1v) is 6.48. The van der Waals surface area contributed by atoms with E-state index in [1.54, 1.807) is 7.11 Å². The monoisotopic (exact) mass is 277 g/mol. The molecule has 2 aromatic rings. The minimum absolute atomic E-state index is 0.337. The lowest BCUT2D eigenvalue weighted by Crippen LogP contribution is -2.23. The molecule has 2 aromatic carbocycles. The van der Waals surface area contributed by atoms with Gasteiger partial charge in [-0.3, -0.25) is 0 Å². The van der Waals surface area contributed by atoms with Crippen molar-refractivity contribution in [3.8, 4) is 5.75 Å². The molecule has 0 saturated carbocycles. The Balaban J connectivity index is 2.44. The second-order valence-electron chi connectivity index (χ2n) is 4.43. The number of nitrogens with one attached hydrogen (secondary N) is 1. The van der Waals surface area contributed by atoms with Crippen LogP contribution in [-0.4, -0.2) is 13.7 Å². The molecule has 0 bridgehead atoms. The molecule has 0 spiro atoms. The van der Waals surface area contributed by atoms with Gasteiger partial charge in [0.2, 0.25) is 0 Å². The third kappa shape index (κ3) is 3.14. The van der Waals surface area contributed by atoms with E-state index in [2.05, 4.69) is 5.32 Å². The SMILES string of the molecule is CCNC(c1cccc(OC)c1)c1ccc(F)cc1F. The Morgan fingerprint density at radius 3 is 2.60 bits per heavy atom. The molecule has 2 rings (SSSR count). The van der Waals surface area contributed by atoms with Gasteiger partial charge < -0.3 is 10.1 Å². The van der Waals surface area contributed by atoms with E-state index in [0.717, 1.165) is 11.6 Å². The van der Waals surface area contributed by atoms with Gasteiger partial charge in [-0.25, -0.2) is 8.78 Å². The average Bonchev–Trinajstić information content (AvgIpc) is 2.45. The van der Waals surface area contributed by atoms with Crippen LogP contribution in [0.4, 0.5) is 8.78 Å². The number of hydrogen-bond donors (Lipinski definition) is 1. The second-order valence-corrected chi connectivity index (χ2v) is 4.43. The van der Waals surface area contributed by atoms with E-state index in [1.807, 2.05) is 31.2 Å². The van der Waals surface area contributed by atoms with Gasteiger partial charge in [-0.1, -0.05) is 25.1 Å². The summed E-state index contributed by atoms with van der Waals surface area (Å²) < 4.78 is 32.2. The summed E-state index contributed by atoms with van der Waals surface area (Å²) in [6, 6.07) is 10.7. The third-order valence-electron chi connectivity index (χ3n) is 3.11. The first-order chi connectivity index (χ1) is 9.65. The standard InChI is InChI=1S/C16H17F2NO/c1-3-19-16(11-5-4-6-13(9-11)20-2)14-8-7-12(17)10-15(14)18/h4-10,16,19H,3H2,1-2H3. The molecule has 0 aliphatic carbocycles. The molecule has 0 aliphatic rings. The van der Waals surface area contributed by atoms with Crippen molar-refractivity contribution in [1.82, 2.24) is 5.32 Å². The molecule has 0 aliphatic heterocycles. The lowest BCUT2D eigenvalue weighted by Gasteiger charge is -2.20. The van der Waals surface area contributed by atoms with Crippen LogP contribution in [0.5, 0.6) is 5.75 Å². The highest BCUT2D eigenvalue weighted by Crippen LogP contribution is 2.27. The molecular weight excluding hydrogens is 260 g/mol. The van der Waals surface area contributed by atoms with E-state index in [1.165, 1.54) is 12.1 Å². The minimum Gasteiger partial charge on any atom is -0.497 e. The van der Waals surface area contributed by atoms with Crippen molar-refractivity contribution < 1.29 is 13.5 Å². The summed E-state index contributed by atoms with van der Waals surface area (Å²) in [6.07, 6.45) is 0. The van der Waals surface area contributed by atoms with Crippen LogP contribution in [0.25, 0.3) is 0 Å². The van der Waals surface area contributed by atoms with E-state index in [4.69, 9.17) is 4.74 Å². The molecule has 4 heteroatoms. The highest BCUT2D eigenvalue weighted by atomic mass is 19.1. The van der Waals surface area contributed by atoms with Crippen molar-refractivity contribution in [1.29, 1.82) is 0 Å². The van der Waals surface area contributed by atoms with Gasteiger partial charge in [0, 0.05) is 11.6 Å². The second kappa shape index (κ2) is 6.48. The van der Waals surface area contributed by atoms with Gasteiger partial charge >= 0.3 is 0 Å². The zero-order chi connectivity index (χ0) is 14.5. The van der Waals surface area contributed by atoms with E-state index in [0.29, 0.717) is 17.9 Å². The minimum atomic E-state index is -0.577. The van der Waals surface area contributed by atoms with Crippen molar-refractivity contribution in [2.45, 2.75) is 13.0 Å². The van der Waals surface area contributed by atoms with Crippen molar-refractivity contribution >= 4 is 0 Å². The van der Waals surface area contributed by atoms with Crippen LogP contribution in [0.3, 0.4) is 0 Å². The van der Waals surface area contributed by atoms with Crippen LogP contribution in [-0.2, 0) is 0 Å². The van der Waals surface area contributed by atoms with Crippen molar-refractivity contribution in [2.75, 3.05) is 13.7 Å². The Kier molecular flexibility index (Phi) is 4.69. The molecule has 0 aromatic heterocycles. The highest BCUT2D eigenvalue weighted by Gasteiger charge is 2.18. The van der Waals surface area contributed by atoms with Crippen LogP contribution >= 0.6 is 0 Å². The maximum atomic E-state index is 14.0. The van der Waals surface area contributed by atoms with Gasteiger partial charge in [0.15, 0.2) is 0 Å². The Bertz CT molecular complexity index is 586. The Morgan fingerprint density at radius 1 is 1.15 bits per heavy atom. The van der Waals surface area contributed by atoms with Gasteiger partial charge in [0.1, 0.15) is 17.4 Å². The van der Waals surface area contributed by atoms with Gasteiger partial charge in [-0.15, -0.1) is 0 Å². The quantitative estimate of drug-likeness (QED) is 0.900. The van der Waals surface area contributed by atoms with Crippen molar-refractivity contribution in [3.63, 3.8) is 0 Å². The molecular formula is C16H17F2NO. The zero-order valence-electron chi connectivity index (χ0n) is 11.5. The molecule has 106 valence electrons. The summed E-state index contributed by atoms with van der Waals surface area (Å²) in [6.45, 7) is 2.60. The Labute approximate surface area is 117 Å². The number of ether oxygens (including phenoxy) is 1. The first kappa shape index (κ1) is 14.5. The summed E-state index contributed by atoms with van der Waals surface area (Å²) in [5.74, 6) is -0.432. The molecule has 1 unspecified atom stereocenters. The van der Waals surface area contributed by atoms with Crippen LogP contribution < -0.4 is 10.1 Å². The Morgan fingerprint density at radius 2 is 1.95 bits per heavy atom. The fourth-order valence-corrected chi connectivity index (χ4v) is 2.17. The highest BCUT2D eigenvalue weighted by molar-refractivity contribution is 5.37. The smallest absolute Gasteiger partial charge is 0.131 e. The van der Waals surface area contributed by atoms with Gasteiger partial charge in [-0.05, 0) is 30.3 Å². The number of rotatable bonds is 5. The maximum absolute atomic E-state index is 14.0. The van der Waals surface area contributed by atoms with Crippen molar-refractivity contribution in [3.05, 3.63) is 65.2 Å². The first-order valence-electron chi connectivity index (χ1n) is 6.48. The Hall–Kier alpha value is -1.94. The lowest BCUT2D eigenvalue weighted by molar-refractivity contribution is 0.413. The van der Waals surface area contributed by atoms with E-state index in [-0.39, 0.29) is 6.04 Å². The van der Waals surface area contributed by atoms with Crippen LogP contribution in [0.1, 0.15) is 24.1 Å². The summed E-state index contributed by atoms with van der Waals surface area (Å²) in [7, 11) is 1.58. The number of benzene rings is 2. The third-order valence-corrected chi connectivity index (χ3v) is 3.11. The van der Waals surface area contributed by atoms with Crippen molar-refractivity contribution in [2.24, 2.45) is 0 Å². The maximum Gasteiger partial charge on any atom is 0.131 e. The normalized spacial score (nSPS) is 12.2. The fourth-order valence-electron chi connectivity index (χ4n) is 2.17. The summed E-state index contributed by atoms with van der Waals surface area (Å²) in [5, 5.41) is 3.21. The number of hydrogen-bond acceptors (Lipinski definition) is 2. The number of halogens is 2. The van der Waals surface area contributed by atoms with Crippen LogP contribution in [0.2, 0.25) is 0 Å². The van der Waals surface area contributed by atoms with Gasteiger partial charge in [0.25, 0.3) is 0 Å². The molecule has 0 fully saturated rings. The lowest BCUT2D eigenvalue weighted by atomic mass is 9.98. The van der Waals surface area contributed by atoms with Gasteiger partial charge in [-0.2, -0.15) is 0 Å². The molecule has 1 N–H and O–H groups in total. The fraction of sp³-hybridized carbons (Fsp3) is 0.250. The summed E-state index contributed by atoms with van der Waals surface area (Å²) in [5.41, 5.74) is 1.29. The van der Waals surface area contributed by atoms with Crippen LogP contribution in [0.15, 0.2) is 42.5 Å². The van der Waals surface area contributed by atoms with Crippen LogP contribution in [0, 0.1) is 11.6 Å². The summed E-state index contributed by atoms with van der Waals surface area (Å²) >= 11 is 0. The average molecular weight is 277 g/mol. The molecule has 1 atom stereocenters. The predicted molar refractivity (Wildman–Crippen MR) is 74.9 cm³/mol. The molecule has 0 radical (unpaired) electrons. The molecule has 0 saturated heterocycles. The molecule has 0 amide bonds. The van der Waals surface area contributed by atoms with E-state index < -0.39 is 11.6 Å². The topological polar surface area (TPSA) is 21.3 Å². The molecule has 2 nitrogen and oxygen atoms in total. The molecule has 20 heavy (non-hydrogen) atoms. The van der Waals surface area contributed by atoms with E-state index >= 15 is 0 Å². The number of methoxy groups -OCH3 is 1. The van der Waals surface area contributed by atoms with Gasteiger partial charge in [0.05, 0.1) is 13.2 Å². The van der Waals surface area contributed by atoms with E-state index in [9.17, 15) is 8.78 Å². The predicted octanol–water partition coefficient (Wildman–Crippen LogP) is 3.67. The largest absolute Gasteiger partial charge is 0.497 e. The summed E-state index contributed by atoms with van der Waals surface area (Å²) in [4.78, 5) is 0.